The first-order chi connectivity index (χ1) is 16.6. The molecule has 0 saturated carbocycles. The van der Waals surface area contributed by atoms with Gasteiger partial charge in [0.1, 0.15) is 10.0 Å². The summed E-state index contributed by atoms with van der Waals surface area (Å²) in [6, 6.07) is 15.6. The quantitative estimate of drug-likeness (QED) is 0.272. The standard InChI is InChI=1S/C26H23N3O3S2.ClH/c1-3-31-18-9-6-7-15-13-19(32-23(15)18)24(30)28-26-22(16-11-12-29(2)14-21(16)34-26)25-27-17-8-4-5-10-20(17)33-25;/h4-10,13H,3,11-12,14H2,1-2H3,(H,28,30);1H. The Labute approximate surface area is 216 Å². The van der Waals surface area contributed by atoms with Crippen LogP contribution >= 0.6 is 35.1 Å². The van der Waals surface area contributed by atoms with Crippen LogP contribution in [-0.2, 0) is 13.0 Å². The van der Waals surface area contributed by atoms with Crippen LogP contribution in [0.15, 0.2) is 52.9 Å². The molecule has 0 saturated heterocycles. The van der Waals surface area contributed by atoms with Gasteiger partial charge in [-0.2, -0.15) is 0 Å². The van der Waals surface area contributed by atoms with E-state index in [0.29, 0.717) is 17.9 Å². The lowest BCUT2D eigenvalue weighted by Gasteiger charge is -2.22. The van der Waals surface area contributed by atoms with Gasteiger partial charge in [0.05, 0.1) is 16.8 Å². The van der Waals surface area contributed by atoms with Gasteiger partial charge in [-0.25, -0.2) is 4.98 Å². The van der Waals surface area contributed by atoms with E-state index in [4.69, 9.17) is 14.1 Å². The zero-order valence-corrected chi connectivity index (χ0v) is 21.7. The summed E-state index contributed by atoms with van der Waals surface area (Å²) in [7, 11) is 2.13. The zero-order valence-electron chi connectivity index (χ0n) is 19.3. The van der Waals surface area contributed by atoms with Crippen molar-refractivity contribution in [2.24, 2.45) is 0 Å². The minimum atomic E-state index is -0.270. The predicted molar refractivity (Wildman–Crippen MR) is 146 cm³/mol. The van der Waals surface area contributed by atoms with Crippen LogP contribution < -0.4 is 10.1 Å². The molecule has 180 valence electrons. The number of amides is 1. The maximum Gasteiger partial charge on any atom is 0.292 e. The van der Waals surface area contributed by atoms with Crippen molar-refractivity contribution in [1.82, 2.24) is 9.88 Å². The molecule has 0 unspecified atom stereocenters. The minimum Gasteiger partial charge on any atom is -0.490 e. The van der Waals surface area contributed by atoms with Crippen molar-refractivity contribution < 1.29 is 13.9 Å². The van der Waals surface area contributed by atoms with Crippen molar-refractivity contribution in [3.05, 3.63) is 64.7 Å². The lowest BCUT2D eigenvalue weighted by Crippen LogP contribution is -2.25. The van der Waals surface area contributed by atoms with E-state index in [2.05, 4.69) is 23.3 Å². The molecule has 0 radical (unpaired) electrons. The average Bonchev–Trinajstić information content (AvgIpc) is 3.53. The Bertz CT molecular complexity index is 1500. The molecule has 0 spiro atoms. The molecule has 6 nitrogen and oxygen atoms in total. The molecule has 3 aromatic heterocycles. The van der Waals surface area contributed by atoms with Crippen LogP contribution in [0, 0.1) is 0 Å². The van der Waals surface area contributed by atoms with Gasteiger partial charge in [0.2, 0.25) is 0 Å². The molecule has 0 atom stereocenters. The SMILES string of the molecule is CCOc1cccc2cc(C(=O)Nc3sc4c(c3-c3nc5ccccc5s3)CCN(C)C4)oc12.Cl. The first-order valence-electron chi connectivity index (χ1n) is 11.3. The topological polar surface area (TPSA) is 67.6 Å². The molecule has 35 heavy (non-hydrogen) atoms. The molecule has 0 aliphatic carbocycles. The molecule has 6 rings (SSSR count). The number of thiazole rings is 1. The van der Waals surface area contributed by atoms with Crippen LogP contribution in [-0.4, -0.2) is 36.0 Å². The van der Waals surface area contributed by atoms with Crippen molar-refractivity contribution in [1.29, 1.82) is 0 Å². The summed E-state index contributed by atoms with van der Waals surface area (Å²) in [4.78, 5) is 21.8. The van der Waals surface area contributed by atoms with Crippen LogP contribution in [0.5, 0.6) is 5.75 Å². The smallest absolute Gasteiger partial charge is 0.292 e. The van der Waals surface area contributed by atoms with Gasteiger partial charge in [-0.15, -0.1) is 35.1 Å². The molecule has 4 heterocycles. The number of nitrogens with one attached hydrogen (secondary N) is 1. The third-order valence-corrected chi connectivity index (χ3v) is 8.20. The largest absolute Gasteiger partial charge is 0.490 e. The Morgan fingerprint density at radius 3 is 2.89 bits per heavy atom. The monoisotopic (exact) mass is 525 g/mol. The Balaban J connectivity index is 0.00000253. The molecule has 1 aliphatic heterocycles. The molecule has 1 amide bonds. The van der Waals surface area contributed by atoms with E-state index in [1.807, 2.05) is 43.3 Å². The van der Waals surface area contributed by atoms with Crippen molar-refractivity contribution in [3.8, 4) is 16.3 Å². The van der Waals surface area contributed by atoms with Crippen LogP contribution in [0.2, 0.25) is 0 Å². The normalized spacial score (nSPS) is 13.5. The van der Waals surface area contributed by atoms with Gasteiger partial charge in [0, 0.05) is 28.9 Å². The number of aromatic nitrogens is 1. The van der Waals surface area contributed by atoms with E-state index in [1.54, 1.807) is 28.7 Å². The maximum atomic E-state index is 13.3. The van der Waals surface area contributed by atoms with Crippen LogP contribution in [0.1, 0.15) is 27.9 Å². The first kappa shape index (κ1) is 23.8. The fourth-order valence-electron chi connectivity index (χ4n) is 4.41. The summed E-state index contributed by atoms with van der Waals surface area (Å²) in [6.07, 6.45) is 0.936. The molecule has 9 heteroatoms. The summed E-state index contributed by atoms with van der Waals surface area (Å²) in [5.74, 6) is 0.637. The van der Waals surface area contributed by atoms with Gasteiger partial charge in [-0.05, 0) is 50.2 Å². The van der Waals surface area contributed by atoms with Gasteiger partial charge < -0.3 is 19.4 Å². The number of ether oxygens (including phenoxy) is 1. The number of para-hydroxylation sites is 2. The number of carbonyl (C=O) groups is 1. The molecule has 0 fully saturated rings. The van der Waals surface area contributed by atoms with E-state index < -0.39 is 0 Å². The number of anilines is 1. The van der Waals surface area contributed by atoms with Gasteiger partial charge in [-0.3, -0.25) is 4.79 Å². The lowest BCUT2D eigenvalue weighted by atomic mass is 10.0. The fraction of sp³-hybridized carbons (Fsp3) is 0.231. The predicted octanol–water partition coefficient (Wildman–Crippen LogP) is 6.83. The third-order valence-electron chi connectivity index (χ3n) is 6.01. The molecular weight excluding hydrogens is 502 g/mol. The third kappa shape index (κ3) is 4.31. The minimum absolute atomic E-state index is 0. The second kappa shape index (κ2) is 9.62. The second-order valence-electron chi connectivity index (χ2n) is 8.35. The fourth-order valence-corrected chi connectivity index (χ4v) is 6.84. The number of hydrogen-bond donors (Lipinski definition) is 1. The zero-order chi connectivity index (χ0) is 23.2. The number of furan rings is 1. The number of hydrogen-bond acceptors (Lipinski definition) is 7. The number of carbonyl (C=O) groups excluding carboxylic acids is 1. The molecule has 1 N–H and O–H groups in total. The number of benzene rings is 2. The highest BCUT2D eigenvalue weighted by Crippen LogP contribution is 2.45. The second-order valence-corrected chi connectivity index (χ2v) is 10.5. The van der Waals surface area contributed by atoms with Crippen molar-refractivity contribution in [2.45, 2.75) is 19.9 Å². The van der Waals surface area contributed by atoms with E-state index in [1.165, 1.54) is 10.4 Å². The number of likely N-dealkylation sites (N-methyl/N-ethyl adjacent to an activating group) is 1. The molecule has 5 aromatic rings. The summed E-state index contributed by atoms with van der Waals surface area (Å²) >= 11 is 3.31. The van der Waals surface area contributed by atoms with Crippen molar-refractivity contribution in [2.75, 3.05) is 25.5 Å². The summed E-state index contributed by atoms with van der Waals surface area (Å²) < 4.78 is 12.8. The molecule has 0 bridgehead atoms. The number of rotatable bonds is 5. The van der Waals surface area contributed by atoms with E-state index >= 15 is 0 Å². The van der Waals surface area contributed by atoms with Crippen LogP contribution in [0.4, 0.5) is 5.00 Å². The van der Waals surface area contributed by atoms with Gasteiger partial charge in [-0.1, -0.05) is 24.3 Å². The van der Waals surface area contributed by atoms with Crippen LogP contribution in [0.3, 0.4) is 0 Å². The van der Waals surface area contributed by atoms with Gasteiger partial charge in [0.25, 0.3) is 5.91 Å². The van der Waals surface area contributed by atoms with Crippen molar-refractivity contribution in [3.63, 3.8) is 0 Å². The van der Waals surface area contributed by atoms with Gasteiger partial charge in [0.15, 0.2) is 17.1 Å². The maximum absolute atomic E-state index is 13.3. The Morgan fingerprint density at radius 2 is 2.06 bits per heavy atom. The number of nitrogens with zero attached hydrogens (tertiary/aromatic N) is 2. The highest BCUT2D eigenvalue weighted by atomic mass is 35.5. The highest BCUT2D eigenvalue weighted by Gasteiger charge is 2.27. The van der Waals surface area contributed by atoms with Crippen molar-refractivity contribution >= 4 is 67.2 Å². The van der Waals surface area contributed by atoms with Gasteiger partial charge >= 0.3 is 0 Å². The highest BCUT2D eigenvalue weighted by molar-refractivity contribution is 7.23. The molecule has 2 aromatic carbocycles. The molecular formula is C26H24ClN3O3S2. The molecule has 1 aliphatic rings. The summed E-state index contributed by atoms with van der Waals surface area (Å²) in [5, 5.41) is 5.76. The van der Waals surface area contributed by atoms with E-state index in [-0.39, 0.29) is 24.1 Å². The van der Waals surface area contributed by atoms with Crippen LogP contribution in [0.25, 0.3) is 31.8 Å². The number of fused-ring (bicyclic) bond motifs is 3. The van der Waals surface area contributed by atoms with E-state index in [9.17, 15) is 4.79 Å². The Kier molecular flexibility index (Phi) is 6.55. The number of halogens is 1. The van der Waals surface area contributed by atoms with E-state index in [0.717, 1.165) is 50.7 Å². The Morgan fingerprint density at radius 1 is 1.20 bits per heavy atom. The Hall–Kier alpha value is -2.91. The summed E-state index contributed by atoms with van der Waals surface area (Å²) in [6.45, 7) is 4.31. The first-order valence-corrected chi connectivity index (χ1v) is 12.9. The average molecular weight is 526 g/mol. The number of thiophene rings is 1. The summed E-state index contributed by atoms with van der Waals surface area (Å²) in [5.41, 5.74) is 3.91. The lowest BCUT2D eigenvalue weighted by molar-refractivity contribution is 0.0999.